The second kappa shape index (κ2) is 9.40. The van der Waals surface area contributed by atoms with Crippen molar-refractivity contribution in [1.29, 1.82) is 0 Å². The average Bonchev–Trinajstić information content (AvgIpc) is 3.33. The number of benzene rings is 2. The second-order valence-corrected chi connectivity index (χ2v) is 7.19. The summed E-state index contributed by atoms with van der Waals surface area (Å²) in [4.78, 5) is 10.9. The highest BCUT2D eigenvalue weighted by atomic mass is 16.5. The number of ether oxygens (including phenoxy) is 1. The van der Waals surface area contributed by atoms with Crippen molar-refractivity contribution in [3.63, 3.8) is 0 Å². The predicted octanol–water partition coefficient (Wildman–Crippen LogP) is 3.76. The monoisotopic (exact) mass is 429 g/mol. The zero-order chi connectivity index (χ0) is 22.5. The van der Waals surface area contributed by atoms with Gasteiger partial charge in [-0.05, 0) is 17.7 Å². The number of para-hydroxylation sites is 1. The summed E-state index contributed by atoms with van der Waals surface area (Å²) in [5.74, 6) is 1.10. The lowest BCUT2D eigenvalue weighted by Crippen LogP contribution is -2.08. The molecule has 2 heterocycles. The van der Waals surface area contributed by atoms with E-state index in [1.54, 1.807) is 18.5 Å². The lowest BCUT2D eigenvalue weighted by Gasteiger charge is -2.15. The van der Waals surface area contributed by atoms with Crippen molar-refractivity contribution in [2.75, 3.05) is 27.3 Å². The van der Waals surface area contributed by atoms with Gasteiger partial charge >= 0.3 is 0 Å². The van der Waals surface area contributed by atoms with Crippen LogP contribution in [0, 0.1) is 0 Å². The summed E-state index contributed by atoms with van der Waals surface area (Å²) in [6, 6.07) is 15.2. The Morgan fingerprint density at radius 2 is 1.72 bits per heavy atom. The van der Waals surface area contributed by atoms with E-state index in [0.717, 1.165) is 16.8 Å². The zero-order valence-corrected chi connectivity index (χ0v) is 17.9. The Morgan fingerprint density at radius 3 is 2.47 bits per heavy atom. The van der Waals surface area contributed by atoms with E-state index in [4.69, 9.17) is 14.3 Å². The molecule has 162 valence electrons. The maximum atomic E-state index is 9.03. The van der Waals surface area contributed by atoms with Crippen LogP contribution in [0.15, 0.2) is 71.9 Å². The summed E-state index contributed by atoms with van der Waals surface area (Å²) in [5.41, 5.74) is 4.68. The molecule has 4 rings (SSSR count). The Morgan fingerprint density at radius 1 is 1.00 bits per heavy atom. The van der Waals surface area contributed by atoms with Crippen LogP contribution in [-0.4, -0.2) is 57.5 Å². The zero-order valence-electron chi connectivity index (χ0n) is 17.9. The van der Waals surface area contributed by atoms with Gasteiger partial charge in [0, 0.05) is 25.4 Å². The first-order valence-corrected chi connectivity index (χ1v) is 10.0. The molecule has 0 saturated carbocycles. The van der Waals surface area contributed by atoms with Crippen LogP contribution >= 0.6 is 0 Å². The van der Waals surface area contributed by atoms with E-state index in [0.29, 0.717) is 28.6 Å². The number of aliphatic hydroxyl groups excluding tert-OH is 1. The summed E-state index contributed by atoms with van der Waals surface area (Å²) in [5, 5.41) is 17.3. The SMILES string of the molecule is C=C(c1ccc(-c2cncc(-c3nnc(-c4ccccc4OCCO)o3)n2)cc1)N(C)C. The molecule has 0 aliphatic heterocycles. The Balaban J connectivity index is 1.60. The minimum atomic E-state index is -0.0873. The fraction of sp³-hybridized carbons (Fsp3) is 0.167. The molecule has 0 bridgehead atoms. The molecule has 0 amide bonds. The van der Waals surface area contributed by atoms with E-state index in [-0.39, 0.29) is 19.1 Å². The molecular formula is C24H23N5O3. The molecule has 1 N–H and O–H groups in total. The number of aromatic nitrogens is 4. The van der Waals surface area contributed by atoms with Gasteiger partial charge in [-0.1, -0.05) is 43.0 Å². The van der Waals surface area contributed by atoms with Crippen LogP contribution in [0.5, 0.6) is 5.75 Å². The van der Waals surface area contributed by atoms with Gasteiger partial charge in [-0.2, -0.15) is 0 Å². The fourth-order valence-corrected chi connectivity index (χ4v) is 3.06. The smallest absolute Gasteiger partial charge is 0.268 e. The Bertz CT molecular complexity index is 1220. The average molecular weight is 429 g/mol. The van der Waals surface area contributed by atoms with E-state index >= 15 is 0 Å². The van der Waals surface area contributed by atoms with Gasteiger partial charge in [-0.3, -0.25) is 4.98 Å². The molecule has 0 saturated heterocycles. The van der Waals surface area contributed by atoms with Crippen molar-refractivity contribution in [3.05, 3.63) is 73.1 Å². The van der Waals surface area contributed by atoms with E-state index in [1.165, 1.54) is 0 Å². The normalized spacial score (nSPS) is 10.7. The second-order valence-electron chi connectivity index (χ2n) is 7.19. The molecule has 0 radical (unpaired) electrons. The van der Waals surface area contributed by atoms with Crippen molar-refractivity contribution in [1.82, 2.24) is 25.1 Å². The molecular weight excluding hydrogens is 406 g/mol. The maximum Gasteiger partial charge on any atom is 0.268 e. The highest BCUT2D eigenvalue weighted by Crippen LogP contribution is 2.31. The topological polar surface area (TPSA) is 97.4 Å². The lowest BCUT2D eigenvalue weighted by atomic mass is 10.1. The van der Waals surface area contributed by atoms with E-state index in [1.807, 2.05) is 61.5 Å². The molecule has 0 unspecified atom stereocenters. The van der Waals surface area contributed by atoms with Crippen LogP contribution in [0.2, 0.25) is 0 Å². The molecule has 0 fully saturated rings. The van der Waals surface area contributed by atoms with Crippen LogP contribution in [0.4, 0.5) is 0 Å². The number of hydrogen-bond donors (Lipinski definition) is 1. The minimum Gasteiger partial charge on any atom is -0.490 e. The summed E-state index contributed by atoms with van der Waals surface area (Å²) >= 11 is 0. The number of aliphatic hydroxyl groups is 1. The molecule has 0 aliphatic rings. The molecule has 8 heteroatoms. The molecule has 0 aliphatic carbocycles. The molecule has 4 aromatic rings. The molecule has 0 atom stereocenters. The largest absolute Gasteiger partial charge is 0.490 e. The Kier molecular flexibility index (Phi) is 6.23. The van der Waals surface area contributed by atoms with Crippen LogP contribution < -0.4 is 4.74 Å². The van der Waals surface area contributed by atoms with Gasteiger partial charge in [0.1, 0.15) is 18.1 Å². The Labute approximate surface area is 185 Å². The van der Waals surface area contributed by atoms with Gasteiger partial charge in [0.25, 0.3) is 11.8 Å². The molecule has 8 nitrogen and oxygen atoms in total. The van der Waals surface area contributed by atoms with Crippen molar-refractivity contribution >= 4 is 5.70 Å². The van der Waals surface area contributed by atoms with Crippen molar-refractivity contribution in [2.24, 2.45) is 0 Å². The van der Waals surface area contributed by atoms with Gasteiger partial charge in [-0.15, -0.1) is 10.2 Å². The van der Waals surface area contributed by atoms with Gasteiger partial charge in [-0.25, -0.2) is 4.98 Å². The first kappa shape index (κ1) is 21.2. The highest BCUT2D eigenvalue weighted by Gasteiger charge is 2.16. The third-order valence-electron chi connectivity index (χ3n) is 4.80. The molecule has 2 aromatic heterocycles. The van der Waals surface area contributed by atoms with Gasteiger partial charge < -0.3 is 19.2 Å². The quantitative estimate of drug-likeness (QED) is 0.452. The standard InChI is InChI=1S/C24H23N5O3/c1-16(29(2)3)17-8-10-18(11-9-17)20-14-25-15-21(26-20)24-28-27-23(32-24)19-6-4-5-7-22(19)31-13-12-30/h4-11,14-15,30H,1,12-13H2,2-3H3. The highest BCUT2D eigenvalue weighted by molar-refractivity contribution is 5.68. The molecule has 32 heavy (non-hydrogen) atoms. The van der Waals surface area contributed by atoms with Gasteiger partial charge in [0.15, 0.2) is 0 Å². The number of hydrogen-bond acceptors (Lipinski definition) is 8. The van der Waals surface area contributed by atoms with Crippen molar-refractivity contribution in [3.8, 4) is 40.0 Å². The first-order valence-electron chi connectivity index (χ1n) is 10.0. The third-order valence-corrected chi connectivity index (χ3v) is 4.80. The lowest BCUT2D eigenvalue weighted by molar-refractivity contribution is 0.201. The van der Waals surface area contributed by atoms with E-state index in [2.05, 4.69) is 26.7 Å². The van der Waals surface area contributed by atoms with Crippen LogP contribution in [-0.2, 0) is 0 Å². The minimum absolute atomic E-state index is 0.0873. The molecule has 0 spiro atoms. The first-order chi connectivity index (χ1) is 15.6. The summed E-state index contributed by atoms with van der Waals surface area (Å²) in [6.07, 6.45) is 3.27. The van der Waals surface area contributed by atoms with E-state index < -0.39 is 0 Å². The molecule has 2 aromatic carbocycles. The summed E-state index contributed by atoms with van der Waals surface area (Å²) in [7, 11) is 3.92. The fourth-order valence-electron chi connectivity index (χ4n) is 3.06. The van der Waals surface area contributed by atoms with Crippen molar-refractivity contribution in [2.45, 2.75) is 0 Å². The summed E-state index contributed by atoms with van der Waals surface area (Å²) < 4.78 is 11.4. The maximum absolute atomic E-state index is 9.03. The Hall–Kier alpha value is -4.04. The van der Waals surface area contributed by atoms with Crippen LogP contribution in [0.25, 0.3) is 40.0 Å². The van der Waals surface area contributed by atoms with Crippen LogP contribution in [0.1, 0.15) is 5.56 Å². The van der Waals surface area contributed by atoms with Gasteiger partial charge in [0.05, 0.1) is 30.3 Å². The number of nitrogens with zero attached hydrogens (tertiary/aromatic N) is 5. The van der Waals surface area contributed by atoms with Crippen molar-refractivity contribution < 1.29 is 14.3 Å². The van der Waals surface area contributed by atoms with E-state index in [9.17, 15) is 0 Å². The number of rotatable bonds is 8. The van der Waals surface area contributed by atoms with Crippen LogP contribution in [0.3, 0.4) is 0 Å². The van der Waals surface area contributed by atoms with Gasteiger partial charge in [0.2, 0.25) is 0 Å². The predicted molar refractivity (Wildman–Crippen MR) is 121 cm³/mol. The third kappa shape index (κ3) is 4.50. The summed E-state index contributed by atoms with van der Waals surface area (Å²) in [6.45, 7) is 4.17.